The molecule has 2 fully saturated rings. The van der Waals surface area contributed by atoms with Gasteiger partial charge in [-0.05, 0) is 45.6 Å². The number of rotatable bonds is 3. The maximum Gasteiger partial charge on any atom is 0.222 e. The lowest BCUT2D eigenvalue weighted by atomic mass is 9.99. The van der Waals surface area contributed by atoms with Gasteiger partial charge in [0.25, 0.3) is 0 Å². The van der Waals surface area contributed by atoms with Crippen molar-refractivity contribution in [1.82, 2.24) is 10.2 Å². The molecule has 2 rings (SSSR count). The van der Waals surface area contributed by atoms with Crippen molar-refractivity contribution in [2.75, 3.05) is 13.1 Å². The molecule has 3 nitrogen and oxygen atoms in total. The Kier molecular flexibility index (Phi) is 3.62. The first kappa shape index (κ1) is 10.9. The molecule has 0 radical (unpaired) electrons. The topological polar surface area (TPSA) is 32.3 Å². The average Bonchev–Trinajstić information content (AvgIpc) is 2.16. The van der Waals surface area contributed by atoms with E-state index in [1.807, 2.05) is 0 Å². The zero-order valence-electron chi connectivity index (χ0n) is 9.67. The van der Waals surface area contributed by atoms with Crippen molar-refractivity contribution in [2.45, 2.75) is 57.5 Å². The third-order valence-electron chi connectivity index (χ3n) is 3.76. The van der Waals surface area contributed by atoms with Crippen LogP contribution in [0.5, 0.6) is 0 Å². The molecule has 0 aromatic rings. The Balaban J connectivity index is 1.73. The molecule has 1 amide bonds. The molecule has 0 aromatic heterocycles. The molecule has 0 aromatic carbocycles. The van der Waals surface area contributed by atoms with Crippen molar-refractivity contribution in [2.24, 2.45) is 0 Å². The standard InChI is InChI=1S/C12H22N2O/c1-10-4-2-3-9-14(10)12(15)6-5-11-7-8-13-11/h10-11,13H,2-9H2,1H3. The number of amides is 1. The van der Waals surface area contributed by atoms with Gasteiger partial charge in [-0.25, -0.2) is 0 Å². The van der Waals surface area contributed by atoms with Gasteiger partial charge in [-0.2, -0.15) is 0 Å². The van der Waals surface area contributed by atoms with Crippen LogP contribution in [0.4, 0.5) is 0 Å². The van der Waals surface area contributed by atoms with Crippen LogP contribution in [0.2, 0.25) is 0 Å². The second-order valence-corrected chi connectivity index (χ2v) is 4.91. The highest BCUT2D eigenvalue weighted by molar-refractivity contribution is 5.76. The molecule has 2 atom stereocenters. The summed E-state index contributed by atoms with van der Waals surface area (Å²) in [5.74, 6) is 0.371. The van der Waals surface area contributed by atoms with Crippen molar-refractivity contribution in [3.05, 3.63) is 0 Å². The summed E-state index contributed by atoms with van der Waals surface area (Å²) in [6.07, 6.45) is 6.69. The summed E-state index contributed by atoms with van der Waals surface area (Å²) in [4.78, 5) is 14.0. The number of hydrogen-bond donors (Lipinski definition) is 1. The van der Waals surface area contributed by atoms with Crippen LogP contribution in [0, 0.1) is 0 Å². The van der Waals surface area contributed by atoms with Crippen LogP contribution < -0.4 is 5.32 Å². The van der Waals surface area contributed by atoms with Gasteiger partial charge in [0.1, 0.15) is 0 Å². The van der Waals surface area contributed by atoms with Crippen molar-refractivity contribution < 1.29 is 4.79 Å². The molecule has 15 heavy (non-hydrogen) atoms. The van der Waals surface area contributed by atoms with Crippen LogP contribution in [0.15, 0.2) is 0 Å². The maximum atomic E-state index is 12.0. The molecule has 0 saturated carbocycles. The minimum absolute atomic E-state index is 0.371. The highest BCUT2D eigenvalue weighted by Crippen LogP contribution is 2.18. The second kappa shape index (κ2) is 4.97. The van der Waals surface area contributed by atoms with Gasteiger partial charge in [0.05, 0.1) is 0 Å². The molecule has 1 N–H and O–H groups in total. The molecule has 0 bridgehead atoms. The zero-order valence-corrected chi connectivity index (χ0v) is 9.67. The summed E-state index contributed by atoms with van der Waals surface area (Å²) >= 11 is 0. The highest BCUT2D eigenvalue weighted by Gasteiger charge is 2.24. The fourth-order valence-electron chi connectivity index (χ4n) is 2.50. The minimum Gasteiger partial charge on any atom is -0.340 e. The van der Waals surface area contributed by atoms with Crippen LogP contribution in [0.3, 0.4) is 0 Å². The Labute approximate surface area is 92.2 Å². The van der Waals surface area contributed by atoms with Gasteiger partial charge in [0.15, 0.2) is 0 Å². The first-order valence-electron chi connectivity index (χ1n) is 6.30. The van der Waals surface area contributed by atoms with Crippen LogP contribution in [-0.2, 0) is 4.79 Å². The fourth-order valence-corrected chi connectivity index (χ4v) is 2.50. The largest absolute Gasteiger partial charge is 0.340 e. The smallest absolute Gasteiger partial charge is 0.222 e. The summed E-state index contributed by atoms with van der Waals surface area (Å²) < 4.78 is 0. The Hall–Kier alpha value is -0.570. The van der Waals surface area contributed by atoms with E-state index in [0.29, 0.717) is 18.0 Å². The summed E-state index contributed by atoms with van der Waals surface area (Å²) in [7, 11) is 0. The molecule has 0 spiro atoms. The number of carbonyl (C=O) groups is 1. The summed E-state index contributed by atoms with van der Waals surface area (Å²) in [6, 6.07) is 1.09. The van der Waals surface area contributed by atoms with Crippen LogP contribution in [-0.4, -0.2) is 36.0 Å². The predicted molar refractivity (Wildman–Crippen MR) is 60.7 cm³/mol. The molecule has 2 saturated heterocycles. The van der Waals surface area contributed by atoms with Crippen LogP contribution in [0.1, 0.15) is 45.4 Å². The molecule has 2 aliphatic heterocycles. The number of piperidine rings is 1. The number of hydrogen-bond acceptors (Lipinski definition) is 2. The van der Waals surface area contributed by atoms with E-state index < -0.39 is 0 Å². The monoisotopic (exact) mass is 210 g/mol. The molecular weight excluding hydrogens is 188 g/mol. The Morgan fingerprint density at radius 2 is 2.20 bits per heavy atom. The molecule has 2 heterocycles. The van der Waals surface area contributed by atoms with Crippen molar-refractivity contribution >= 4 is 5.91 Å². The Morgan fingerprint density at radius 1 is 1.40 bits per heavy atom. The molecule has 2 unspecified atom stereocenters. The van der Waals surface area contributed by atoms with Gasteiger partial charge in [-0.1, -0.05) is 0 Å². The summed E-state index contributed by atoms with van der Waals surface area (Å²) in [5, 5.41) is 3.34. The van der Waals surface area contributed by atoms with E-state index in [9.17, 15) is 4.79 Å². The number of nitrogens with zero attached hydrogens (tertiary/aromatic N) is 1. The molecule has 3 heteroatoms. The van der Waals surface area contributed by atoms with Crippen LogP contribution >= 0.6 is 0 Å². The lowest BCUT2D eigenvalue weighted by Crippen LogP contribution is -2.45. The van der Waals surface area contributed by atoms with E-state index in [1.54, 1.807) is 0 Å². The summed E-state index contributed by atoms with van der Waals surface area (Å²) in [5.41, 5.74) is 0. The predicted octanol–water partition coefficient (Wildman–Crippen LogP) is 1.53. The normalized spacial score (nSPS) is 31.1. The van der Waals surface area contributed by atoms with Gasteiger partial charge in [-0.3, -0.25) is 4.79 Å². The Morgan fingerprint density at radius 3 is 2.80 bits per heavy atom. The Bertz CT molecular complexity index is 226. The average molecular weight is 210 g/mol. The van der Waals surface area contributed by atoms with Gasteiger partial charge in [0.2, 0.25) is 5.91 Å². The third kappa shape index (κ3) is 2.71. The molecule has 86 valence electrons. The lowest BCUT2D eigenvalue weighted by Gasteiger charge is -2.34. The van der Waals surface area contributed by atoms with Gasteiger partial charge < -0.3 is 10.2 Å². The molecular formula is C12H22N2O. The van der Waals surface area contributed by atoms with E-state index in [0.717, 1.165) is 25.9 Å². The first-order chi connectivity index (χ1) is 7.27. The third-order valence-corrected chi connectivity index (χ3v) is 3.76. The van der Waals surface area contributed by atoms with Crippen molar-refractivity contribution in [1.29, 1.82) is 0 Å². The minimum atomic E-state index is 0.371. The van der Waals surface area contributed by atoms with E-state index in [1.165, 1.54) is 25.7 Å². The highest BCUT2D eigenvalue weighted by atomic mass is 16.2. The van der Waals surface area contributed by atoms with Crippen molar-refractivity contribution in [3.8, 4) is 0 Å². The van der Waals surface area contributed by atoms with Crippen LogP contribution in [0.25, 0.3) is 0 Å². The maximum absolute atomic E-state index is 12.0. The fraction of sp³-hybridized carbons (Fsp3) is 0.917. The number of likely N-dealkylation sites (tertiary alicyclic amines) is 1. The first-order valence-corrected chi connectivity index (χ1v) is 6.30. The second-order valence-electron chi connectivity index (χ2n) is 4.91. The van der Waals surface area contributed by atoms with Gasteiger partial charge >= 0.3 is 0 Å². The van der Waals surface area contributed by atoms with E-state index in [2.05, 4.69) is 17.1 Å². The SMILES string of the molecule is CC1CCCCN1C(=O)CCC1CCN1. The van der Waals surface area contributed by atoms with E-state index >= 15 is 0 Å². The number of carbonyl (C=O) groups excluding carboxylic acids is 1. The van der Waals surface area contributed by atoms with Gasteiger partial charge in [-0.15, -0.1) is 0 Å². The molecule has 2 aliphatic rings. The summed E-state index contributed by atoms with van der Waals surface area (Å²) in [6.45, 7) is 4.30. The van der Waals surface area contributed by atoms with E-state index in [4.69, 9.17) is 0 Å². The van der Waals surface area contributed by atoms with Crippen molar-refractivity contribution in [3.63, 3.8) is 0 Å². The zero-order chi connectivity index (χ0) is 10.7. The van der Waals surface area contributed by atoms with E-state index in [-0.39, 0.29) is 0 Å². The molecule has 0 aliphatic carbocycles. The lowest BCUT2D eigenvalue weighted by molar-refractivity contribution is -0.134. The number of nitrogens with one attached hydrogen (secondary N) is 1. The quantitative estimate of drug-likeness (QED) is 0.766. The van der Waals surface area contributed by atoms with Gasteiger partial charge in [0, 0.05) is 25.0 Å².